The minimum atomic E-state index is -0.178. The Labute approximate surface area is 157 Å². The summed E-state index contributed by atoms with van der Waals surface area (Å²) >= 11 is 6.04. The van der Waals surface area contributed by atoms with Crippen molar-refractivity contribution in [2.24, 2.45) is 0 Å². The molecule has 2 aromatic carbocycles. The summed E-state index contributed by atoms with van der Waals surface area (Å²) in [4.78, 5) is 18.4. The van der Waals surface area contributed by atoms with Gasteiger partial charge >= 0.3 is 0 Å². The SMILES string of the molecule is COc1ccc(Cl)cc1Nc1ccc(C(=O)N(C)c2ccccc2)nc1. The third-order valence-electron chi connectivity index (χ3n) is 3.87. The lowest BCUT2D eigenvalue weighted by Gasteiger charge is -2.17. The van der Waals surface area contributed by atoms with E-state index in [1.54, 1.807) is 55.6 Å². The fraction of sp³-hybridized carbons (Fsp3) is 0.100. The first kappa shape index (κ1) is 17.8. The number of rotatable bonds is 5. The molecule has 1 heterocycles. The van der Waals surface area contributed by atoms with Gasteiger partial charge in [-0.1, -0.05) is 29.8 Å². The number of benzene rings is 2. The number of carbonyl (C=O) groups is 1. The second-order valence-electron chi connectivity index (χ2n) is 5.60. The standard InChI is InChI=1S/C20H18ClN3O2/c1-24(16-6-4-3-5-7-16)20(25)17-10-9-15(13-22-17)23-18-12-14(21)8-11-19(18)26-2/h3-13,23H,1-2H3. The quantitative estimate of drug-likeness (QED) is 0.706. The van der Waals surface area contributed by atoms with Crippen molar-refractivity contribution in [2.45, 2.75) is 0 Å². The second kappa shape index (κ2) is 7.89. The summed E-state index contributed by atoms with van der Waals surface area (Å²) in [5.41, 5.74) is 2.62. The molecule has 1 amide bonds. The fourth-order valence-electron chi connectivity index (χ4n) is 2.47. The van der Waals surface area contributed by atoms with E-state index >= 15 is 0 Å². The molecule has 1 N–H and O–H groups in total. The van der Waals surface area contributed by atoms with Crippen LogP contribution in [-0.4, -0.2) is 25.0 Å². The third-order valence-corrected chi connectivity index (χ3v) is 4.11. The molecule has 1 aromatic heterocycles. The minimum absolute atomic E-state index is 0.178. The van der Waals surface area contributed by atoms with Gasteiger partial charge in [-0.05, 0) is 42.5 Å². The van der Waals surface area contributed by atoms with Gasteiger partial charge in [-0.2, -0.15) is 0 Å². The molecule has 6 heteroatoms. The molecule has 0 aliphatic rings. The van der Waals surface area contributed by atoms with Gasteiger partial charge in [-0.15, -0.1) is 0 Å². The molecule has 0 fully saturated rings. The molecule has 0 spiro atoms. The number of hydrogen-bond donors (Lipinski definition) is 1. The van der Waals surface area contributed by atoms with E-state index < -0.39 is 0 Å². The predicted octanol–water partition coefficient (Wildman–Crippen LogP) is 4.76. The molecule has 5 nitrogen and oxygen atoms in total. The van der Waals surface area contributed by atoms with Gasteiger partial charge in [-0.25, -0.2) is 4.98 Å². The van der Waals surface area contributed by atoms with Crippen molar-refractivity contribution < 1.29 is 9.53 Å². The summed E-state index contributed by atoms with van der Waals surface area (Å²) in [5.74, 6) is 0.487. The number of para-hydroxylation sites is 1. The van der Waals surface area contributed by atoms with E-state index in [2.05, 4.69) is 10.3 Å². The lowest BCUT2D eigenvalue weighted by Crippen LogP contribution is -2.26. The second-order valence-corrected chi connectivity index (χ2v) is 6.04. The predicted molar refractivity (Wildman–Crippen MR) is 105 cm³/mol. The van der Waals surface area contributed by atoms with Crippen LogP contribution in [0.1, 0.15) is 10.5 Å². The number of aromatic nitrogens is 1. The Morgan fingerprint density at radius 2 is 1.88 bits per heavy atom. The van der Waals surface area contributed by atoms with Gasteiger partial charge in [0, 0.05) is 17.8 Å². The van der Waals surface area contributed by atoms with Crippen LogP contribution in [0.4, 0.5) is 17.1 Å². The van der Waals surface area contributed by atoms with Crippen molar-refractivity contribution in [1.82, 2.24) is 4.98 Å². The fourth-order valence-corrected chi connectivity index (χ4v) is 2.64. The normalized spacial score (nSPS) is 10.3. The van der Waals surface area contributed by atoms with Crippen molar-refractivity contribution in [3.05, 3.63) is 77.6 Å². The van der Waals surface area contributed by atoms with E-state index in [9.17, 15) is 4.79 Å². The van der Waals surface area contributed by atoms with E-state index in [4.69, 9.17) is 16.3 Å². The van der Waals surface area contributed by atoms with Gasteiger partial charge in [0.25, 0.3) is 5.91 Å². The smallest absolute Gasteiger partial charge is 0.276 e. The highest BCUT2D eigenvalue weighted by atomic mass is 35.5. The van der Waals surface area contributed by atoms with Crippen LogP contribution in [0.25, 0.3) is 0 Å². The van der Waals surface area contributed by atoms with Gasteiger partial charge in [0.05, 0.1) is 24.7 Å². The van der Waals surface area contributed by atoms with E-state index in [1.165, 1.54) is 0 Å². The number of methoxy groups -OCH3 is 1. The molecular weight excluding hydrogens is 350 g/mol. The van der Waals surface area contributed by atoms with E-state index in [0.29, 0.717) is 16.5 Å². The van der Waals surface area contributed by atoms with Crippen LogP contribution in [0.5, 0.6) is 5.75 Å². The molecule has 0 aliphatic heterocycles. The first-order valence-electron chi connectivity index (χ1n) is 7.98. The number of ether oxygens (including phenoxy) is 1. The highest BCUT2D eigenvalue weighted by Gasteiger charge is 2.14. The van der Waals surface area contributed by atoms with Crippen LogP contribution < -0.4 is 15.0 Å². The number of anilines is 3. The topological polar surface area (TPSA) is 54.5 Å². The molecular formula is C20H18ClN3O2. The van der Waals surface area contributed by atoms with Crippen LogP contribution >= 0.6 is 11.6 Å². The number of nitrogens with one attached hydrogen (secondary N) is 1. The first-order valence-corrected chi connectivity index (χ1v) is 8.36. The van der Waals surface area contributed by atoms with Crippen molar-refractivity contribution in [1.29, 1.82) is 0 Å². The average molecular weight is 368 g/mol. The zero-order valence-electron chi connectivity index (χ0n) is 14.4. The lowest BCUT2D eigenvalue weighted by molar-refractivity contribution is 0.0988. The number of nitrogens with zero attached hydrogens (tertiary/aromatic N) is 2. The monoisotopic (exact) mass is 367 g/mol. The van der Waals surface area contributed by atoms with Gasteiger partial charge in [-0.3, -0.25) is 4.79 Å². The van der Waals surface area contributed by atoms with Crippen molar-refractivity contribution in [3.8, 4) is 5.75 Å². The minimum Gasteiger partial charge on any atom is -0.495 e. The molecule has 0 aliphatic carbocycles. The first-order chi connectivity index (χ1) is 12.6. The number of hydrogen-bond acceptors (Lipinski definition) is 4. The van der Waals surface area contributed by atoms with Gasteiger partial charge < -0.3 is 15.0 Å². The molecule has 0 radical (unpaired) electrons. The lowest BCUT2D eigenvalue weighted by atomic mass is 10.2. The summed E-state index contributed by atoms with van der Waals surface area (Å²) in [7, 11) is 3.32. The van der Waals surface area contributed by atoms with Gasteiger partial charge in [0.1, 0.15) is 11.4 Å². The Hall–Kier alpha value is -3.05. The average Bonchev–Trinajstić information content (AvgIpc) is 2.68. The molecule has 0 unspecified atom stereocenters. The maximum atomic E-state index is 12.6. The number of pyridine rings is 1. The Bertz CT molecular complexity index is 899. The van der Waals surface area contributed by atoms with Crippen molar-refractivity contribution in [3.63, 3.8) is 0 Å². The van der Waals surface area contributed by atoms with Crippen molar-refractivity contribution in [2.75, 3.05) is 24.4 Å². The molecule has 0 bridgehead atoms. The zero-order valence-corrected chi connectivity index (χ0v) is 15.2. The van der Waals surface area contributed by atoms with Crippen LogP contribution in [0, 0.1) is 0 Å². The largest absolute Gasteiger partial charge is 0.495 e. The molecule has 0 atom stereocenters. The summed E-state index contributed by atoms with van der Waals surface area (Å²) in [5, 5.41) is 3.79. The van der Waals surface area contributed by atoms with Gasteiger partial charge in [0.2, 0.25) is 0 Å². The highest BCUT2D eigenvalue weighted by molar-refractivity contribution is 6.31. The van der Waals surface area contributed by atoms with Crippen LogP contribution in [0.2, 0.25) is 5.02 Å². The molecule has 3 rings (SSSR count). The van der Waals surface area contributed by atoms with E-state index in [-0.39, 0.29) is 5.91 Å². The Morgan fingerprint density at radius 3 is 2.54 bits per heavy atom. The maximum absolute atomic E-state index is 12.6. The molecule has 0 saturated heterocycles. The summed E-state index contributed by atoms with van der Waals surface area (Å²) < 4.78 is 5.31. The molecule has 0 saturated carbocycles. The number of halogens is 1. The van der Waals surface area contributed by atoms with E-state index in [0.717, 1.165) is 17.1 Å². The number of carbonyl (C=O) groups excluding carboxylic acids is 1. The molecule has 132 valence electrons. The van der Waals surface area contributed by atoms with Crippen LogP contribution in [0.3, 0.4) is 0 Å². The van der Waals surface area contributed by atoms with E-state index in [1.807, 2.05) is 30.3 Å². The summed E-state index contributed by atoms with van der Waals surface area (Å²) in [6.07, 6.45) is 1.60. The molecule has 26 heavy (non-hydrogen) atoms. The zero-order chi connectivity index (χ0) is 18.5. The summed E-state index contributed by atoms with van der Waals surface area (Å²) in [6.45, 7) is 0. The van der Waals surface area contributed by atoms with Crippen LogP contribution in [-0.2, 0) is 0 Å². The Kier molecular flexibility index (Phi) is 5.39. The highest BCUT2D eigenvalue weighted by Crippen LogP contribution is 2.30. The molecule has 3 aromatic rings. The van der Waals surface area contributed by atoms with Gasteiger partial charge in [0.15, 0.2) is 0 Å². The Balaban J connectivity index is 1.77. The van der Waals surface area contributed by atoms with Crippen molar-refractivity contribution >= 4 is 34.6 Å². The number of amides is 1. The maximum Gasteiger partial charge on any atom is 0.276 e. The van der Waals surface area contributed by atoms with Crippen LogP contribution in [0.15, 0.2) is 66.9 Å². The Morgan fingerprint density at radius 1 is 1.12 bits per heavy atom. The third kappa shape index (κ3) is 3.95. The summed E-state index contributed by atoms with van der Waals surface area (Å²) in [6, 6.07) is 18.2.